The van der Waals surface area contributed by atoms with Crippen molar-refractivity contribution in [3.63, 3.8) is 0 Å². The first-order valence-electron chi connectivity index (χ1n) is 5.42. The van der Waals surface area contributed by atoms with E-state index in [2.05, 4.69) is 0 Å². The van der Waals surface area contributed by atoms with E-state index in [0.29, 0.717) is 16.6 Å². The fourth-order valence-electron chi connectivity index (χ4n) is 2.26. The molecule has 0 bridgehead atoms. The maximum atomic E-state index is 6.08. The maximum Gasteiger partial charge on any atom is 0.0963 e. The van der Waals surface area contributed by atoms with Gasteiger partial charge in [-0.3, -0.25) is 0 Å². The number of fused-ring (bicyclic) bond motifs is 3. The van der Waals surface area contributed by atoms with E-state index in [1.807, 2.05) is 12.1 Å². The number of thiophene rings is 1. The van der Waals surface area contributed by atoms with Crippen molar-refractivity contribution in [3.05, 3.63) is 32.6 Å². The monoisotopic (exact) mass is 287 g/mol. The van der Waals surface area contributed by atoms with E-state index in [-0.39, 0.29) is 6.10 Å². The highest BCUT2D eigenvalue weighted by Gasteiger charge is 2.25. The number of rotatable bonds is 1. The van der Waals surface area contributed by atoms with Crippen LogP contribution < -0.4 is 5.73 Å². The van der Waals surface area contributed by atoms with E-state index in [9.17, 15) is 0 Å². The molecule has 1 aromatic heterocycles. The lowest BCUT2D eigenvalue weighted by atomic mass is 10.0. The first-order valence-corrected chi connectivity index (χ1v) is 7.00. The van der Waals surface area contributed by atoms with Crippen LogP contribution in [0.5, 0.6) is 0 Å². The molecular weight excluding hydrogens is 277 g/mol. The quantitative estimate of drug-likeness (QED) is 0.866. The van der Waals surface area contributed by atoms with E-state index in [1.165, 1.54) is 10.4 Å². The number of nitrogens with two attached hydrogens (primary N) is 1. The molecule has 2 nitrogen and oxygen atoms in total. The summed E-state index contributed by atoms with van der Waals surface area (Å²) in [6, 6.07) is 3.85. The zero-order valence-electron chi connectivity index (χ0n) is 9.00. The van der Waals surface area contributed by atoms with Gasteiger partial charge in [-0.1, -0.05) is 23.2 Å². The van der Waals surface area contributed by atoms with Gasteiger partial charge < -0.3 is 10.5 Å². The first-order chi connectivity index (χ1) is 8.20. The largest absolute Gasteiger partial charge is 0.372 e. The molecule has 1 aliphatic heterocycles. The fraction of sp³-hybridized carbons (Fsp3) is 0.333. The molecule has 0 saturated heterocycles. The van der Waals surface area contributed by atoms with Crippen molar-refractivity contribution in [1.29, 1.82) is 0 Å². The van der Waals surface area contributed by atoms with Crippen LogP contribution in [-0.4, -0.2) is 13.2 Å². The third-order valence-electron chi connectivity index (χ3n) is 3.03. The molecule has 1 atom stereocenters. The van der Waals surface area contributed by atoms with Gasteiger partial charge in [0.15, 0.2) is 0 Å². The van der Waals surface area contributed by atoms with Crippen molar-refractivity contribution in [1.82, 2.24) is 0 Å². The second-order valence-corrected chi connectivity index (χ2v) is 6.00. The highest BCUT2D eigenvalue weighted by atomic mass is 35.5. The summed E-state index contributed by atoms with van der Waals surface area (Å²) in [6.45, 7) is 1.24. The zero-order chi connectivity index (χ0) is 12.0. The Bertz CT molecular complexity index is 581. The van der Waals surface area contributed by atoms with Gasteiger partial charge in [0.25, 0.3) is 0 Å². The molecule has 1 unspecified atom stereocenters. The number of benzene rings is 1. The van der Waals surface area contributed by atoms with Crippen LogP contribution in [0.2, 0.25) is 10.0 Å². The van der Waals surface area contributed by atoms with Gasteiger partial charge >= 0.3 is 0 Å². The summed E-state index contributed by atoms with van der Waals surface area (Å²) >= 11 is 13.9. The maximum absolute atomic E-state index is 6.08. The topological polar surface area (TPSA) is 35.2 Å². The Labute approximate surface area is 113 Å². The molecule has 2 aromatic rings. The average Bonchev–Trinajstić information content (AvgIpc) is 2.67. The predicted octanol–water partition coefficient (Wildman–Crippen LogP) is 3.78. The van der Waals surface area contributed by atoms with E-state index >= 15 is 0 Å². The van der Waals surface area contributed by atoms with Gasteiger partial charge in [0.1, 0.15) is 0 Å². The van der Waals surface area contributed by atoms with Crippen LogP contribution in [0, 0.1) is 0 Å². The number of hydrogen-bond donors (Lipinski definition) is 1. The number of halogens is 2. The van der Waals surface area contributed by atoms with Gasteiger partial charge in [-0.05, 0) is 12.1 Å². The van der Waals surface area contributed by atoms with Crippen LogP contribution in [0.1, 0.15) is 16.5 Å². The highest BCUT2D eigenvalue weighted by molar-refractivity contribution is 7.19. The molecular formula is C12H11Cl2NOS. The molecule has 1 aliphatic rings. The minimum absolute atomic E-state index is 0.00950. The zero-order valence-corrected chi connectivity index (χ0v) is 11.3. The van der Waals surface area contributed by atoms with Gasteiger partial charge in [-0.2, -0.15) is 0 Å². The molecule has 0 fully saturated rings. The number of hydrogen-bond acceptors (Lipinski definition) is 3. The van der Waals surface area contributed by atoms with E-state index in [4.69, 9.17) is 33.7 Å². The van der Waals surface area contributed by atoms with Crippen molar-refractivity contribution in [2.45, 2.75) is 12.5 Å². The lowest BCUT2D eigenvalue weighted by molar-refractivity contribution is 0.0508. The SMILES string of the molecule is NCC1OCCc2sc3cc(Cl)c(Cl)cc3c21. The van der Waals surface area contributed by atoms with Crippen LogP contribution >= 0.6 is 34.5 Å². The van der Waals surface area contributed by atoms with Gasteiger partial charge in [0.05, 0.1) is 22.8 Å². The summed E-state index contributed by atoms with van der Waals surface area (Å²) < 4.78 is 6.86. The molecule has 0 spiro atoms. The molecule has 5 heteroatoms. The Morgan fingerprint density at radius 1 is 1.35 bits per heavy atom. The third-order valence-corrected chi connectivity index (χ3v) is 4.98. The second kappa shape index (κ2) is 4.41. The van der Waals surface area contributed by atoms with Gasteiger partial charge in [0.2, 0.25) is 0 Å². The minimum atomic E-state index is -0.00950. The molecule has 0 aliphatic carbocycles. The van der Waals surface area contributed by atoms with Crippen molar-refractivity contribution < 1.29 is 4.74 Å². The molecule has 2 N–H and O–H groups in total. The van der Waals surface area contributed by atoms with Crippen molar-refractivity contribution in [3.8, 4) is 0 Å². The van der Waals surface area contributed by atoms with Crippen molar-refractivity contribution in [2.75, 3.05) is 13.2 Å². The van der Waals surface area contributed by atoms with Crippen LogP contribution in [0.15, 0.2) is 12.1 Å². The highest BCUT2D eigenvalue weighted by Crippen LogP contribution is 2.42. The molecule has 0 radical (unpaired) electrons. The number of ether oxygens (including phenoxy) is 1. The van der Waals surface area contributed by atoms with Crippen molar-refractivity contribution in [2.24, 2.45) is 5.73 Å². The Morgan fingerprint density at radius 3 is 2.88 bits per heavy atom. The van der Waals surface area contributed by atoms with Crippen LogP contribution in [-0.2, 0) is 11.2 Å². The van der Waals surface area contributed by atoms with E-state index < -0.39 is 0 Å². The smallest absolute Gasteiger partial charge is 0.0963 e. The molecule has 1 aromatic carbocycles. The van der Waals surface area contributed by atoms with E-state index in [0.717, 1.165) is 23.1 Å². The first kappa shape index (κ1) is 11.8. The van der Waals surface area contributed by atoms with Crippen molar-refractivity contribution >= 4 is 44.6 Å². The predicted molar refractivity (Wildman–Crippen MR) is 73.3 cm³/mol. The fourth-order valence-corrected chi connectivity index (χ4v) is 3.91. The minimum Gasteiger partial charge on any atom is -0.372 e. The molecule has 0 saturated carbocycles. The lowest BCUT2D eigenvalue weighted by Crippen LogP contribution is -2.21. The Balaban J connectivity index is 2.29. The summed E-state index contributed by atoms with van der Waals surface area (Å²) in [5.74, 6) is 0. The van der Waals surface area contributed by atoms with Crippen LogP contribution in [0.25, 0.3) is 10.1 Å². The summed E-state index contributed by atoms with van der Waals surface area (Å²) in [7, 11) is 0. The van der Waals surface area contributed by atoms with Crippen LogP contribution in [0.4, 0.5) is 0 Å². The second-order valence-electron chi connectivity index (χ2n) is 4.05. The molecule has 3 rings (SSSR count). The van der Waals surface area contributed by atoms with Crippen LogP contribution in [0.3, 0.4) is 0 Å². The average molecular weight is 288 g/mol. The Morgan fingerprint density at radius 2 is 2.12 bits per heavy atom. The molecule has 2 heterocycles. The lowest BCUT2D eigenvalue weighted by Gasteiger charge is -2.22. The van der Waals surface area contributed by atoms with Gasteiger partial charge in [0, 0.05) is 33.5 Å². The van der Waals surface area contributed by atoms with E-state index in [1.54, 1.807) is 11.3 Å². The Kier molecular flexibility index (Phi) is 3.05. The molecule has 0 amide bonds. The summed E-state index contributed by atoms with van der Waals surface area (Å²) in [5, 5.41) is 2.32. The Hall–Kier alpha value is -0.320. The third kappa shape index (κ3) is 1.86. The summed E-state index contributed by atoms with van der Waals surface area (Å²) in [6.07, 6.45) is 0.935. The normalized spacial score (nSPS) is 19.6. The summed E-state index contributed by atoms with van der Waals surface area (Å²) in [4.78, 5) is 1.35. The molecule has 17 heavy (non-hydrogen) atoms. The molecule has 90 valence electrons. The standard InChI is InChI=1S/C12H11Cl2NOS/c13-7-3-6-11(4-8(7)14)17-10-1-2-16-9(5-15)12(6)10/h3-4,9H,1-2,5,15H2. The summed E-state index contributed by atoms with van der Waals surface area (Å²) in [5.41, 5.74) is 6.96. The van der Waals surface area contributed by atoms with Gasteiger partial charge in [-0.25, -0.2) is 0 Å². The van der Waals surface area contributed by atoms with Gasteiger partial charge in [-0.15, -0.1) is 11.3 Å².